The minimum Gasteiger partial charge on any atom is -0.490 e. The van der Waals surface area contributed by atoms with Gasteiger partial charge in [0.1, 0.15) is 11.6 Å². The smallest absolute Gasteiger partial charge is 0.165 e. The lowest BCUT2D eigenvalue weighted by Crippen LogP contribution is -2.22. The first-order valence-corrected chi connectivity index (χ1v) is 7.87. The van der Waals surface area contributed by atoms with Crippen LogP contribution in [0.15, 0.2) is 36.4 Å². The Hall–Kier alpha value is -2.18. The van der Waals surface area contributed by atoms with Crippen molar-refractivity contribution in [2.45, 2.75) is 19.1 Å². The largest absolute Gasteiger partial charge is 0.490 e. The highest BCUT2D eigenvalue weighted by Gasteiger charge is 2.18. The summed E-state index contributed by atoms with van der Waals surface area (Å²) in [6, 6.07) is 9.11. The predicted octanol–water partition coefficient (Wildman–Crippen LogP) is 2.95. The van der Waals surface area contributed by atoms with Crippen LogP contribution in [0.1, 0.15) is 23.7 Å². The fourth-order valence-corrected chi connectivity index (χ4v) is 2.67. The van der Waals surface area contributed by atoms with E-state index in [1.165, 1.54) is 6.07 Å². The van der Waals surface area contributed by atoms with Crippen LogP contribution in [0.3, 0.4) is 0 Å². The molecule has 0 spiro atoms. The molecule has 1 unspecified atom stereocenters. The highest BCUT2D eigenvalue weighted by atomic mass is 19.1. The Morgan fingerprint density at radius 3 is 2.54 bits per heavy atom. The summed E-state index contributed by atoms with van der Waals surface area (Å²) in [6.45, 7) is 1.59. The first-order chi connectivity index (χ1) is 11.7. The average Bonchev–Trinajstić information content (AvgIpc) is 2.81. The quantitative estimate of drug-likeness (QED) is 0.882. The van der Waals surface area contributed by atoms with Crippen molar-refractivity contribution < 1.29 is 23.4 Å². The summed E-state index contributed by atoms with van der Waals surface area (Å²) >= 11 is 0. The first kappa shape index (κ1) is 16.7. The number of hydrogen-bond donors (Lipinski definition) is 2. The van der Waals surface area contributed by atoms with Crippen LogP contribution in [0.2, 0.25) is 0 Å². The van der Waals surface area contributed by atoms with Gasteiger partial charge >= 0.3 is 0 Å². The fraction of sp³-hybridized carbons (Fsp3) is 0.333. The van der Waals surface area contributed by atoms with E-state index >= 15 is 0 Å². The Morgan fingerprint density at radius 1 is 1.04 bits per heavy atom. The van der Waals surface area contributed by atoms with E-state index in [1.807, 2.05) is 18.2 Å². The molecule has 2 N–H and O–H groups in total. The topological polar surface area (TPSA) is 50.7 Å². The van der Waals surface area contributed by atoms with Crippen molar-refractivity contribution in [1.29, 1.82) is 0 Å². The van der Waals surface area contributed by atoms with Crippen LogP contribution >= 0.6 is 0 Å². The van der Waals surface area contributed by atoms with E-state index < -0.39 is 17.7 Å². The molecule has 0 amide bonds. The molecular weight excluding hydrogens is 316 g/mol. The number of aliphatic hydroxyl groups excluding tert-OH is 1. The molecule has 3 rings (SSSR count). The van der Waals surface area contributed by atoms with Crippen molar-refractivity contribution in [3.05, 3.63) is 59.2 Å². The van der Waals surface area contributed by atoms with Gasteiger partial charge in [-0.2, -0.15) is 0 Å². The van der Waals surface area contributed by atoms with Crippen molar-refractivity contribution in [1.82, 2.24) is 5.32 Å². The van der Waals surface area contributed by atoms with E-state index in [-0.39, 0.29) is 12.1 Å². The first-order valence-electron chi connectivity index (χ1n) is 7.87. The number of benzene rings is 2. The van der Waals surface area contributed by atoms with Gasteiger partial charge < -0.3 is 19.9 Å². The number of ether oxygens (including phenoxy) is 2. The zero-order chi connectivity index (χ0) is 16.9. The second kappa shape index (κ2) is 7.59. The van der Waals surface area contributed by atoms with Crippen molar-refractivity contribution >= 4 is 0 Å². The lowest BCUT2D eigenvalue weighted by molar-refractivity contribution is 0.164. The van der Waals surface area contributed by atoms with Crippen molar-refractivity contribution in [3.63, 3.8) is 0 Å². The minimum atomic E-state index is -1.27. The summed E-state index contributed by atoms with van der Waals surface area (Å²) in [7, 11) is 0. The van der Waals surface area contributed by atoms with Gasteiger partial charge in [0, 0.05) is 25.1 Å². The molecule has 0 saturated heterocycles. The van der Waals surface area contributed by atoms with E-state index in [0.29, 0.717) is 31.3 Å². The maximum atomic E-state index is 13.7. The Morgan fingerprint density at radius 2 is 1.75 bits per heavy atom. The standard InChI is InChI=1S/C18H19F2NO3/c19-13-5-2-6-14(20)17(13)15(22)11-21-10-12-4-1-7-16-18(12)24-9-3-8-23-16/h1-2,4-7,15,21-22H,3,8-11H2. The summed E-state index contributed by atoms with van der Waals surface area (Å²) in [5.74, 6) is -0.147. The van der Waals surface area contributed by atoms with Gasteiger partial charge in [0.05, 0.1) is 24.9 Å². The normalized spacial score (nSPS) is 15.0. The second-order valence-electron chi connectivity index (χ2n) is 5.58. The molecule has 0 fully saturated rings. The highest BCUT2D eigenvalue weighted by Crippen LogP contribution is 2.33. The zero-order valence-corrected chi connectivity index (χ0v) is 13.1. The molecule has 128 valence electrons. The van der Waals surface area contributed by atoms with E-state index in [4.69, 9.17) is 9.47 Å². The zero-order valence-electron chi connectivity index (χ0n) is 13.1. The van der Waals surface area contributed by atoms with Crippen molar-refractivity contribution in [2.75, 3.05) is 19.8 Å². The lowest BCUT2D eigenvalue weighted by atomic mass is 10.1. The Bertz CT molecular complexity index is 688. The average molecular weight is 335 g/mol. The summed E-state index contributed by atoms with van der Waals surface area (Å²) in [5.41, 5.74) is 0.548. The van der Waals surface area contributed by atoms with Crippen molar-refractivity contribution in [3.8, 4) is 11.5 Å². The molecule has 0 radical (unpaired) electrons. The van der Waals surface area contributed by atoms with Gasteiger partial charge in [-0.15, -0.1) is 0 Å². The molecule has 1 atom stereocenters. The molecule has 0 saturated carbocycles. The molecule has 24 heavy (non-hydrogen) atoms. The molecule has 0 bridgehead atoms. The number of hydrogen-bond acceptors (Lipinski definition) is 4. The number of para-hydroxylation sites is 1. The molecule has 1 heterocycles. The molecule has 1 aliphatic heterocycles. The minimum absolute atomic E-state index is 0.0162. The maximum absolute atomic E-state index is 13.7. The second-order valence-corrected chi connectivity index (χ2v) is 5.58. The molecule has 1 aliphatic rings. The third-order valence-corrected chi connectivity index (χ3v) is 3.84. The number of rotatable bonds is 5. The Balaban J connectivity index is 1.65. The summed E-state index contributed by atoms with van der Waals surface area (Å²) in [5, 5.41) is 13.1. The molecule has 2 aromatic carbocycles. The van der Waals surface area contributed by atoms with E-state index in [9.17, 15) is 13.9 Å². The van der Waals surface area contributed by atoms with Gasteiger partial charge in [0.25, 0.3) is 0 Å². The van der Waals surface area contributed by atoms with Crippen LogP contribution in [-0.4, -0.2) is 24.9 Å². The monoisotopic (exact) mass is 335 g/mol. The van der Waals surface area contributed by atoms with E-state index in [2.05, 4.69) is 5.32 Å². The van der Waals surface area contributed by atoms with Gasteiger partial charge in [-0.3, -0.25) is 0 Å². The summed E-state index contributed by atoms with van der Waals surface area (Å²) < 4.78 is 38.6. The van der Waals surface area contributed by atoms with Gasteiger partial charge in [-0.25, -0.2) is 8.78 Å². The number of aliphatic hydroxyl groups is 1. The molecule has 4 nitrogen and oxygen atoms in total. The SMILES string of the molecule is OC(CNCc1cccc2c1OCCCO2)c1c(F)cccc1F. The Labute approximate surface area is 139 Å². The fourth-order valence-electron chi connectivity index (χ4n) is 2.67. The number of nitrogens with one attached hydrogen (secondary N) is 1. The van der Waals surface area contributed by atoms with E-state index in [1.54, 1.807) is 0 Å². The van der Waals surface area contributed by atoms with E-state index in [0.717, 1.165) is 24.1 Å². The van der Waals surface area contributed by atoms with Gasteiger partial charge in [0.2, 0.25) is 0 Å². The third kappa shape index (κ3) is 3.66. The molecule has 2 aromatic rings. The van der Waals surface area contributed by atoms with Crippen LogP contribution < -0.4 is 14.8 Å². The maximum Gasteiger partial charge on any atom is 0.165 e. The van der Waals surface area contributed by atoms with Crippen LogP contribution in [-0.2, 0) is 6.54 Å². The van der Waals surface area contributed by atoms with Crippen molar-refractivity contribution in [2.24, 2.45) is 0 Å². The van der Waals surface area contributed by atoms with Crippen LogP contribution in [0.25, 0.3) is 0 Å². The third-order valence-electron chi connectivity index (χ3n) is 3.84. The Kier molecular flexibility index (Phi) is 5.27. The molecule has 6 heteroatoms. The molecule has 0 aromatic heterocycles. The number of halogens is 2. The van der Waals surface area contributed by atoms with Gasteiger partial charge in [-0.05, 0) is 18.2 Å². The molecular formula is C18H19F2NO3. The number of fused-ring (bicyclic) bond motifs is 1. The predicted molar refractivity (Wildman–Crippen MR) is 85.1 cm³/mol. The molecule has 0 aliphatic carbocycles. The van der Waals surface area contributed by atoms with Gasteiger partial charge in [0.15, 0.2) is 11.5 Å². The van der Waals surface area contributed by atoms with Crippen LogP contribution in [0, 0.1) is 11.6 Å². The van der Waals surface area contributed by atoms with Crippen LogP contribution in [0.4, 0.5) is 8.78 Å². The van der Waals surface area contributed by atoms with Gasteiger partial charge in [-0.1, -0.05) is 18.2 Å². The highest BCUT2D eigenvalue weighted by molar-refractivity contribution is 5.47. The summed E-state index contributed by atoms with van der Waals surface area (Å²) in [4.78, 5) is 0. The van der Waals surface area contributed by atoms with Crippen LogP contribution in [0.5, 0.6) is 11.5 Å². The lowest BCUT2D eigenvalue weighted by Gasteiger charge is -2.16. The summed E-state index contributed by atoms with van der Waals surface area (Å²) in [6.07, 6.45) is -0.460.